The average Bonchev–Trinajstić information content (AvgIpc) is 2.81. The van der Waals surface area contributed by atoms with Crippen LogP contribution in [0, 0.1) is 0 Å². The van der Waals surface area contributed by atoms with Crippen LogP contribution in [0.15, 0.2) is 48.7 Å². The highest BCUT2D eigenvalue weighted by atomic mass is 79.9. The molecule has 0 fully saturated rings. The van der Waals surface area contributed by atoms with Gasteiger partial charge in [-0.3, -0.25) is 9.88 Å². The molecule has 0 unspecified atom stereocenters. The fourth-order valence-corrected chi connectivity index (χ4v) is 3.38. The Labute approximate surface area is 147 Å². The monoisotopic (exact) mass is 371 g/mol. The highest BCUT2D eigenvalue weighted by Crippen LogP contribution is 2.36. The minimum Gasteiger partial charge on any atom is -1.00 e. The maximum absolute atomic E-state index is 3.72. The number of imidazole rings is 1. The summed E-state index contributed by atoms with van der Waals surface area (Å²) in [5.74, 6) is 1.19. The van der Waals surface area contributed by atoms with Crippen LogP contribution in [0.4, 0.5) is 5.82 Å². The molecule has 3 nitrogen and oxygen atoms in total. The molecule has 0 amide bonds. The number of nitrogens with zero attached hydrogens (tertiary/aromatic N) is 2. The Hall–Kier alpha value is -1.81. The van der Waals surface area contributed by atoms with E-state index >= 15 is 0 Å². The Kier molecular flexibility index (Phi) is 3.96. The van der Waals surface area contributed by atoms with E-state index in [0.29, 0.717) is 0 Å². The summed E-state index contributed by atoms with van der Waals surface area (Å²) in [5, 5.41) is 3.72. The predicted molar refractivity (Wildman–Crippen MR) is 90.1 cm³/mol. The first kappa shape index (κ1) is 16.1. The van der Waals surface area contributed by atoms with Crippen molar-refractivity contribution in [1.82, 2.24) is 4.57 Å². The molecular weight excluding hydrogens is 350 g/mol. The highest BCUT2D eigenvalue weighted by molar-refractivity contribution is 5.77. The third-order valence-electron chi connectivity index (χ3n) is 4.22. The molecule has 0 saturated heterocycles. The van der Waals surface area contributed by atoms with Crippen LogP contribution >= 0.6 is 0 Å². The third kappa shape index (κ3) is 2.65. The van der Waals surface area contributed by atoms with Crippen molar-refractivity contribution in [2.45, 2.75) is 39.3 Å². The first-order valence-electron chi connectivity index (χ1n) is 7.94. The van der Waals surface area contributed by atoms with Gasteiger partial charge in [-0.05, 0) is 32.4 Å². The zero-order valence-electron chi connectivity index (χ0n) is 13.8. The second-order valence-corrected chi connectivity index (χ2v) is 7.06. The summed E-state index contributed by atoms with van der Waals surface area (Å²) in [4.78, 5) is 0. The molecule has 1 aliphatic heterocycles. The summed E-state index contributed by atoms with van der Waals surface area (Å²) >= 11 is 0. The Morgan fingerprint density at radius 1 is 1.04 bits per heavy atom. The molecule has 0 saturated carbocycles. The minimum atomic E-state index is 0. The molecule has 3 aromatic rings. The highest BCUT2D eigenvalue weighted by Gasteiger charge is 2.32. The molecule has 2 aromatic heterocycles. The summed E-state index contributed by atoms with van der Waals surface area (Å²) in [6, 6.07) is 15.2. The van der Waals surface area contributed by atoms with Crippen molar-refractivity contribution in [3.05, 3.63) is 54.2 Å². The van der Waals surface area contributed by atoms with E-state index in [1.165, 1.54) is 28.3 Å². The Balaban J connectivity index is 0.00000156. The van der Waals surface area contributed by atoms with Crippen LogP contribution in [0.5, 0.6) is 0 Å². The van der Waals surface area contributed by atoms with E-state index < -0.39 is 0 Å². The van der Waals surface area contributed by atoms with E-state index in [2.05, 4.69) is 83.7 Å². The van der Waals surface area contributed by atoms with Gasteiger partial charge in [-0.15, -0.1) is 0 Å². The maximum atomic E-state index is 3.72. The quantitative estimate of drug-likeness (QED) is 0.623. The van der Waals surface area contributed by atoms with Gasteiger partial charge in [0, 0.05) is 18.1 Å². The van der Waals surface area contributed by atoms with Crippen LogP contribution in [0.25, 0.3) is 16.9 Å². The second-order valence-electron chi connectivity index (χ2n) is 7.06. The van der Waals surface area contributed by atoms with Gasteiger partial charge in [0.05, 0.1) is 18.3 Å². The normalized spacial score (nSPS) is 13.2. The van der Waals surface area contributed by atoms with Crippen molar-refractivity contribution in [3.8, 4) is 11.3 Å². The summed E-state index contributed by atoms with van der Waals surface area (Å²) in [7, 11) is 0. The standard InChI is InChI=1S/C19H22N3.BrH/c1-19(2,3)20-18-17-15-9-5-4-8-14(15)11-13-21(17)16-10-6-7-12-22(16)18;/h4-10,12,20H,11,13H2,1-3H3;1H/q+1;/p-1. The number of rotatable bonds is 1. The number of aromatic nitrogens is 2. The number of anilines is 1. The Morgan fingerprint density at radius 3 is 2.57 bits per heavy atom. The van der Waals surface area contributed by atoms with Crippen LogP contribution in [0.1, 0.15) is 26.3 Å². The second kappa shape index (κ2) is 5.68. The molecule has 4 heteroatoms. The zero-order chi connectivity index (χ0) is 15.3. The zero-order valence-corrected chi connectivity index (χ0v) is 15.4. The number of pyridine rings is 1. The molecule has 0 radical (unpaired) electrons. The molecule has 23 heavy (non-hydrogen) atoms. The smallest absolute Gasteiger partial charge is 0.267 e. The molecule has 0 bridgehead atoms. The Bertz CT molecular complexity index is 859. The number of aryl methyl sites for hydroxylation is 2. The van der Waals surface area contributed by atoms with E-state index in [4.69, 9.17) is 0 Å². The number of nitrogens with one attached hydrogen (secondary N) is 1. The number of hydrogen-bond donors (Lipinski definition) is 1. The van der Waals surface area contributed by atoms with Crippen molar-refractivity contribution in [2.75, 3.05) is 5.32 Å². The SMILES string of the molecule is CC(C)(C)Nc1c2n(c3cccc[n+]13)CCc1ccccc1-2.[Br-]. The summed E-state index contributed by atoms with van der Waals surface area (Å²) < 4.78 is 4.72. The topological polar surface area (TPSA) is 21.1 Å². The number of benzene rings is 1. The van der Waals surface area contributed by atoms with Gasteiger partial charge in [0.1, 0.15) is 0 Å². The number of hydrogen-bond acceptors (Lipinski definition) is 1. The first-order chi connectivity index (χ1) is 10.5. The molecule has 1 N–H and O–H groups in total. The van der Waals surface area contributed by atoms with Crippen LogP contribution in [-0.2, 0) is 13.0 Å². The van der Waals surface area contributed by atoms with Gasteiger partial charge in [-0.1, -0.05) is 30.3 Å². The third-order valence-corrected chi connectivity index (χ3v) is 4.22. The van der Waals surface area contributed by atoms with Crippen molar-refractivity contribution in [2.24, 2.45) is 0 Å². The summed E-state index contributed by atoms with van der Waals surface area (Å²) in [6.07, 6.45) is 3.24. The Morgan fingerprint density at radius 2 is 1.78 bits per heavy atom. The lowest BCUT2D eigenvalue weighted by atomic mass is 9.98. The molecule has 0 aliphatic carbocycles. The first-order valence-corrected chi connectivity index (χ1v) is 7.94. The van der Waals surface area contributed by atoms with Crippen molar-refractivity contribution in [1.29, 1.82) is 0 Å². The lowest BCUT2D eigenvalue weighted by molar-refractivity contribution is -0.495. The molecule has 120 valence electrons. The van der Waals surface area contributed by atoms with Crippen molar-refractivity contribution in [3.63, 3.8) is 0 Å². The number of fused-ring (bicyclic) bond motifs is 5. The average molecular weight is 372 g/mol. The van der Waals surface area contributed by atoms with Crippen LogP contribution in [0.3, 0.4) is 0 Å². The maximum Gasteiger partial charge on any atom is 0.267 e. The fraction of sp³-hybridized carbons (Fsp3) is 0.316. The molecular formula is C19H22BrN3. The van der Waals surface area contributed by atoms with Gasteiger partial charge in [0.15, 0.2) is 5.69 Å². The fourth-order valence-electron chi connectivity index (χ4n) is 3.38. The van der Waals surface area contributed by atoms with Gasteiger partial charge in [0.2, 0.25) is 5.65 Å². The number of halogens is 1. The molecule has 3 heterocycles. The van der Waals surface area contributed by atoms with Crippen LogP contribution in [0.2, 0.25) is 0 Å². The van der Waals surface area contributed by atoms with Crippen LogP contribution < -0.4 is 26.7 Å². The molecule has 0 spiro atoms. The summed E-state index contributed by atoms with van der Waals surface area (Å²) in [6.45, 7) is 7.66. The van der Waals surface area contributed by atoms with E-state index in [1.54, 1.807) is 0 Å². The van der Waals surface area contributed by atoms with Gasteiger partial charge in [-0.2, -0.15) is 0 Å². The predicted octanol–water partition coefficient (Wildman–Crippen LogP) is 0.664. The van der Waals surface area contributed by atoms with Crippen molar-refractivity contribution < 1.29 is 21.4 Å². The molecule has 4 rings (SSSR count). The molecule has 0 atom stereocenters. The largest absolute Gasteiger partial charge is 1.00 e. The van der Waals surface area contributed by atoms with Gasteiger partial charge < -0.3 is 17.0 Å². The van der Waals surface area contributed by atoms with Gasteiger partial charge in [-0.25, -0.2) is 4.40 Å². The van der Waals surface area contributed by atoms with Crippen molar-refractivity contribution >= 4 is 11.5 Å². The summed E-state index contributed by atoms with van der Waals surface area (Å²) in [5.41, 5.74) is 5.37. The van der Waals surface area contributed by atoms with E-state index in [1.807, 2.05) is 0 Å². The minimum absolute atomic E-state index is 0. The molecule has 1 aliphatic rings. The van der Waals surface area contributed by atoms with E-state index in [9.17, 15) is 0 Å². The van der Waals surface area contributed by atoms with Crippen LogP contribution in [-0.4, -0.2) is 10.1 Å². The molecule has 1 aromatic carbocycles. The van der Waals surface area contributed by atoms with E-state index in [-0.39, 0.29) is 22.5 Å². The van der Waals surface area contributed by atoms with E-state index in [0.717, 1.165) is 13.0 Å². The van der Waals surface area contributed by atoms with Gasteiger partial charge >= 0.3 is 0 Å². The van der Waals surface area contributed by atoms with Gasteiger partial charge in [0.25, 0.3) is 5.82 Å². The lowest BCUT2D eigenvalue weighted by Gasteiger charge is -2.20. The lowest BCUT2D eigenvalue weighted by Crippen LogP contribution is -3.00.